The molecule has 2 atom stereocenters. The van der Waals surface area contributed by atoms with Crippen LogP contribution in [0.4, 0.5) is 0 Å². The fourth-order valence-corrected chi connectivity index (χ4v) is 3.21. The molecule has 1 aliphatic carbocycles. The zero-order chi connectivity index (χ0) is 13.7. The van der Waals surface area contributed by atoms with Crippen molar-refractivity contribution >= 4 is 0 Å². The molecule has 0 bridgehead atoms. The first-order valence-electron chi connectivity index (χ1n) is 8.09. The van der Waals surface area contributed by atoms with Gasteiger partial charge in [-0.1, -0.05) is 57.9 Å². The van der Waals surface area contributed by atoms with E-state index in [-0.39, 0.29) is 0 Å². The van der Waals surface area contributed by atoms with E-state index in [0.717, 1.165) is 12.5 Å². The van der Waals surface area contributed by atoms with Crippen LogP contribution in [-0.2, 0) is 0 Å². The molecule has 0 amide bonds. The van der Waals surface area contributed by atoms with Gasteiger partial charge in [0, 0.05) is 6.04 Å². The van der Waals surface area contributed by atoms with Crippen LogP contribution in [0, 0.1) is 5.92 Å². The molecule has 0 spiro atoms. The molecule has 1 saturated carbocycles. The van der Waals surface area contributed by atoms with E-state index in [2.05, 4.69) is 50.4 Å². The predicted octanol–water partition coefficient (Wildman–Crippen LogP) is 5.04. The van der Waals surface area contributed by atoms with Crippen LogP contribution < -0.4 is 5.32 Å². The van der Waals surface area contributed by atoms with Gasteiger partial charge in [0.25, 0.3) is 0 Å². The predicted molar refractivity (Wildman–Crippen MR) is 83.5 cm³/mol. The lowest BCUT2D eigenvalue weighted by molar-refractivity contribution is 0.369. The molecule has 1 heteroatoms. The van der Waals surface area contributed by atoms with Gasteiger partial charge >= 0.3 is 0 Å². The molecule has 0 saturated heterocycles. The third kappa shape index (κ3) is 3.60. The van der Waals surface area contributed by atoms with Crippen molar-refractivity contribution in [2.45, 2.75) is 64.8 Å². The molecule has 0 aromatic heterocycles. The van der Waals surface area contributed by atoms with Crippen molar-refractivity contribution in [1.29, 1.82) is 0 Å². The van der Waals surface area contributed by atoms with E-state index in [1.54, 1.807) is 5.56 Å². The third-order valence-corrected chi connectivity index (χ3v) is 4.61. The van der Waals surface area contributed by atoms with E-state index in [0.29, 0.717) is 12.0 Å². The number of nitrogens with one attached hydrogen (secondary N) is 1. The Kier molecular flexibility index (Phi) is 5.45. The molecule has 1 aromatic rings. The fourth-order valence-electron chi connectivity index (χ4n) is 3.21. The average Bonchev–Trinajstić information content (AvgIpc) is 2.35. The van der Waals surface area contributed by atoms with Gasteiger partial charge in [-0.2, -0.15) is 0 Å². The third-order valence-electron chi connectivity index (χ3n) is 4.61. The molecular weight excluding hydrogens is 230 g/mol. The van der Waals surface area contributed by atoms with E-state index in [9.17, 15) is 0 Å². The maximum absolute atomic E-state index is 3.66. The van der Waals surface area contributed by atoms with Crippen molar-refractivity contribution in [2.24, 2.45) is 5.92 Å². The smallest absolute Gasteiger partial charge is 0.0345 e. The largest absolute Gasteiger partial charge is 0.310 e. The van der Waals surface area contributed by atoms with Gasteiger partial charge < -0.3 is 5.32 Å². The normalized spacial score (nSPS) is 18.9. The first-order valence-corrected chi connectivity index (χ1v) is 8.09. The fraction of sp³-hybridized carbons (Fsp3) is 0.667. The van der Waals surface area contributed by atoms with Gasteiger partial charge in [-0.3, -0.25) is 0 Å². The Bertz CT molecular complexity index is 364. The summed E-state index contributed by atoms with van der Waals surface area (Å²) in [6, 6.07) is 9.95. The summed E-state index contributed by atoms with van der Waals surface area (Å²) < 4.78 is 0. The van der Waals surface area contributed by atoms with Crippen molar-refractivity contribution in [1.82, 2.24) is 5.32 Å². The summed E-state index contributed by atoms with van der Waals surface area (Å²) in [5, 5.41) is 3.66. The lowest BCUT2D eigenvalue weighted by Crippen LogP contribution is -2.26. The topological polar surface area (TPSA) is 12.0 Å². The summed E-state index contributed by atoms with van der Waals surface area (Å²) in [6.45, 7) is 7.90. The highest BCUT2D eigenvalue weighted by Crippen LogP contribution is 2.37. The maximum atomic E-state index is 3.66. The molecular formula is C18H29N. The summed E-state index contributed by atoms with van der Waals surface area (Å²) in [5.41, 5.74) is 3.01. The zero-order valence-corrected chi connectivity index (χ0v) is 12.8. The molecule has 2 unspecified atom stereocenters. The standard InChI is InChI=1S/C18H29N/c1-4-7-14(3)18(19-5-2)17-12-10-16(11-13-17)15-8-6-9-15/h10-15,18-19H,4-9H2,1-3H3. The molecule has 106 valence electrons. The van der Waals surface area contributed by atoms with Crippen molar-refractivity contribution < 1.29 is 0 Å². The van der Waals surface area contributed by atoms with Gasteiger partial charge in [-0.15, -0.1) is 0 Å². The van der Waals surface area contributed by atoms with Crippen LogP contribution in [0.3, 0.4) is 0 Å². The number of hydrogen-bond acceptors (Lipinski definition) is 1. The van der Waals surface area contributed by atoms with Crippen molar-refractivity contribution in [3.8, 4) is 0 Å². The van der Waals surface area contributed by atoms with E-state index >= 15 is 0 Å². The highest BCUT2D eigenvalue weighted by atomic mass is 14.9. The zero-order valence-electron chi connectivity index (χ0n) is 12.8. The Balaban J connectivity index is 2.07. The summed E-state index contributed by atoms with van der Waals surface area (Å²) in [5.74, 6) is 1.55. The minimum absolute atomic E-state index is 0.514. The highest BCUT2D eigenvalue weighted by molar-refractivity contribution is 5.28. The van der Waals surface area contributed by atoms with Crippen LogP contribution >= 0.6 is 0 Å². The second-order valence-electron chi connectivity index (χ2n) is 6.10. The van der Waals surface area contributed by atoms with Gasteiger partial charge in [0.1, 0.15) is 0 Å². The maximum Gasteiger partial charge on any atom is 0.0345 e. The molecule has 19 heavy (non-hydrogen) atoms. The molecule has 2 rings (SSSR count). The van der Waals surface area contributed by atoms with Gasteiger partial charge in [-0.05, 0) is 48.8 Å². The van der Waals surface area contributed by atoms with Crippen molar-refractivity contribution in [2.75, 3.05) is 6.54 Å². The second-order valence-corrected chi connectivity index (χ2v) is 6.10. The van der Waals surface area contributed by atoms with Crippen LogP contribution in [0.2, 0.25) is 0 Å². The molecule has 0 heterocycles. The average molecular weight is 259 g/mol. The van der Waals surface area contributed by atoms with E-state index in [1.807, 2.05) is 0 Å². The molecule has 1 aromatic carbocycles. The van der Waals surface area contributed by atoms with Gasteiger partial charge in [0.15, 0.2) is 0 Å². The summed E-state index contributed by atoms with van der Waals surface area (Å²) in [6.07, 6.45) is 6.76. The summed E-state index contributed by atoms with van der Waals surface area (Å²) in [4.78, 5) is 0. The Morgan fingerprint density at radius 2 is 1.84 bits per heavy atom. The monoisotopic (exact) mass is 259 g/mol. The SMILES string of the molecule is CCCC(C)C(NCC)c1ccc(C2CCC2)cc1. The Hall–Kier alpha value is -0.820. The van der Waals surface area contributed by atoms with Crippen LogP contribution in [0.15, 0.2) is 24.3 Å². The Labute approximate surface area is 118 Å². The summed E-state index contributed by atoms with van der Waals surface area (Å²) >= 11 is 0. The molecule has 0 radical (unpaired) electrons. The van der Waals surface area contributed by atoms with Crippen LogP contribution in [0.5, 0.6) is 0 Å². The summed E-state index contributed by atoms with van der Waals surface area (Å²) in [7, 11) is 0. The van der Waals surface area contributed by atoms with Gasteiger partial charge in [0.05, 0.1) is 0 Å². The highest BCUT2D eigenvalue weighted by Gasteiger charge is 2.21. The quantitative estimate of drug-likeness (QED) is 0.723. The van der Waals surface area contributed by atoms with Gasteiger partial charge in [0.2, 0.25) is 0 Å². The first-order chi connectivity index (χ1) is 9.26. The minimum Gasteiger partial charge on any atom is -0.310 e. The molecule has 1 N–H and O–H groups in total. The van der Waals surface area contributed by atoms with Crippen molar-refractivity contribution in [3.05, 3.63) is 35.4 Å². The molecule has 1 aliphatic rings. The lowest BCUT2D eigenvalue weighted by Gasteiger charge is -2.28. The minimum atomic E-state index is 0.514. The van der Waals surface area contributed by atoms with E-state index < -0.39 is 0 Å². The molecule has 1 fully saturated rings. The number of hydrogen-bond donors (Lipinski definition) is 1. The molecule has 1 nitrogen and oxygen atoms in total. The van der Waals surface area contributed by atoms with Crippen LogP contribution in [-0.4, -0.2) is 6.54 Å². The van der Waals surface area contributed by atoms with Crippen LogP contribution in [0.25, 0.3) is 0 Å². The Morgan fingerprint density at radius 1 is 1.16 bits per heavy atom. The van der Waals surface area contributed by atoms with E-state index in [4.69, 9.17) is 0 Å². The van der Waals surface area contributed by atoms with Crippen molar-refractivity contribution in [3.63, 3.8) is 0 Å². The molecule has 0 aliphatic heterocycles. The lowest BCUT2D eigenvalue weighted by atomic mass is 9.79. The van der Waals surface area contributed by atoms with Crippen LogP contribution in [0.1, 0.15) is 76.0 Å². The van der Waals surface area contributed by atoms with Gasteiger partial charge in [-0.25, -0.2) is 0 Å². The van der Waals surface area contributed by atoms with E-state index in [1.165, 1.54) is 37.7 Å². The number of benzene rings is 1. The second kappa shape index (κ2) is 7.09. The first kappa shape index (κ1) is 14.6. The number of rotatable bonds is 7. The Morgan fingerprint density at radius 3 is 2.32 bits per heavy atom.